The summed E-state index contributed by atoms with van der Waals surface area (Å²) in [4.78, 5) is 23.6. The van der Waals surface area contributed by atoms with Crippen LogP contribution >= 0.6 is 15.9 Å². The quantitative estimate of drug-likeness (QED) is 0.870. The molecule has 2 N–H and O–H groups in total. The van der Waals surface area contributed by atoms with Crippen LogP contribution in [0, 0.1) is 0 Å². The molecule has 2 aromatic rings. The molecule has 0 unspecified atom stereocenters. The summed E-state index contributed by atoms with van der Waals surface area (Å²) in [5.41, 5.74) is 1.81. The lowest BCUT2D eigenvalue weighted by molar-refractivity contribution is -0.115. The number of anilines is 1. The Kier molecular flexibility index (Phi) is 5.16. The number of amides is 2. The third kappa shape index (κ3) is 4.19. The summed E-state index contributed by atoms with van der Waals surface area (Å²) in [5, 5.41) is 5.28. The van der Waals surface area contributed by atoms with E-state index in [0.717, 1.165) is 17.7 Å². The van der Waals surface area contributed by atoms with Crippen molar-refractivity contribution >= 4 is 33.4 Å². The molecule has 5 nitrogen and oxygen atoms in total. The molecule has 0 aliphatic rings. The molecule has 0 aliphatic heterocycles. The Bertz CT molecular complexity index is 652. The van der Waals surface area contributed by atoms with Gasteiger partial charge >= 0.3 is 0 Å². The number of carbonyl (C=O) groups is 2. The number of benzene rings is 1. The highest BCUT2D eigenvalue weighted by Gasteiger charge is 2.12. The maximum atomic E-state index is 11.9. The first-order valence-corrected chi connectivity index (χ1v) is 7.30. The van der Waals surface area contributed by atoms with Crippen LogP contribution in [0.1, 0.15) is 23.0 Å². The second-order valence-electron chi connectivity index (χ2n) is 4.35. The van der Waals surface area contributed by atoms with E-state index in [1.807, 2.05) is 31.2 Å². The largest absolute Gasteiger partial charge is 0.444 e. The fourth-order valence-corrected chi connectivity index (χ4v) is 2.14. The van der Waals surface area contributed by atoms with Gasteiger partial charge in [-0.1, -0.05) is 25.1 Å². The summed E-state index contributed by atoms with van der Waals surface area (Å²) in [6, 6.07) is 10.7. The highest BCUT2D eigenvalue weighted by Crippen LogP contribution is 2.15. The number of rotatable bonds is 5. The molecule has 6 heteroatoms. The average Bonchev–Trinajstić information content (AvgIpc) is 2.92. The normalized spacial score (nSPS) is 10.2. The first kappa shape index (κ1) is 15.3. The van der Waals surface area contributed by atoms with Crippen LogP contribution in [0.25, 0.3) is 0 Å². The molecule has 0 radical (unpaired) electrons. The molecule has 0 aliphatic carbocycles. The third-order valence-corrected chi connectivity index (χ3v) is 3.31. The molecule has 0 saturated carbocycles. The van der Waals surface area contributed by atoms with E-state index in [9.17, 15) is 9.59 Å². The lowest BCUT2D eigenvalue weighted by Crippen LogP contribution is -2.32. The van der Waals surface area contributed by atoms with Crippen LogP contribution in [0.5, 0.6) is 0 Å². The lowest BCUT2D eigenvalue weighted by atomic mass is 10.1. The number of nitrogens with one attached hydrogen (secondary N) is 2. The van der Waals surface area contributed by atoms with Crippen molar-refractivity contribution in [2.45, 2.75) is 13.3 Å². The van der Waals surface area contributed by atoms with Gasteiger partial charge in [-0.25, -0.2) is 0 Å². The van der Waals surface area contributed by atoms with Crippen LogP contribution in [-0.2, 0) is 11.2 Å². The molecule has 1 heterocycles. The number of furan rings is 1. The molecule has 21 heavy (non-hydrogen) atoms. The van der Waals surface area contributed by atoms with Gasteiger partial charge in [-0.05, 0) is 46.1 Å². The van der Waals surface area contributed by atoms with E-state index in [-0.39, 0.29) is 18.2 Å². The summed E-state index contributed by atoms with van der Waals surface area (Å²) >= 11 is 3.11. The van der Waals surface area contributed by atoms with Crippen LogP contribution in [-0.4, -0.2) is 18.4 Å². The minimum Gasteiger partial charge on any atom is -0.444 e. The van der Waals surface area contributed by atoms with Gasteiger partial charge < -0.3 is 15.1 Å². The van der Waals surface area contributed by atoms with Gasteiger partial charge in [-0.2, -0.15) is 0 Å². The van der Waals surface area contributed by atoms with Gasteiger partial charge in [0.15, 0.2) is 10.4 Å². The standard InChI is InChI=1S/C15H15BrN2O3/c1-2-10-5-3-4-6-11(10)18-14(19)9-17-15(20)12-7-8-13(16)21-12/h3-8H,2,9H2,1H3,(H,17,20)(H,18,19). The maximum Gasteiger partial charge on any atom is 0.287 e. The van der Waals surface area contributed by atoms with E-state index in [4.69, 9.17) is 4.42 Å². The zero-order valence-corrected chi connectivity index (χ0v) is 13.1. The Hall–Kier alpha value is -2.08. The molecule has 0 spiro atoms. The summed E-state index contributed by atoms with van der Waals surface area (Å²) in [7, 11) is 0. The van der Waals surface area contributed by atoms with Gasteiger partial charge in [-0.3, -0.25) is 9.59 Å². The van der Waals surface area contributed by atoms with E-state index in [1.165, 1.54) is 6.07 Å². The van der Waals surface area contributed by atoms with Crippen molar-refractivity contribution in [2.75, 3.05) is 11.9 Å². The predicted octanol–water partition coefficient (Wildman–Crippen LogP) is 2.97. The van der Waals surface area contributed by atoms with E-state index < -0.39 is 5.91 Å². The summed E-state index contributed by atoms with van der Waals surface area (Å²) in [5.74, 6) is -0.557. The molecular weight excluding hydrogens is 336 g/mol. The van der Waals surface area contributed by atoms with Gasteiger partial charge in [0.1, 0.15) is 0 Å². The molecular formula is C15H15BrN2O3. The molecule has 1 aromatic heterocycles. The molecule has 110 valence electrons. The summed E-state index contributed by atoms with van der Waals surface area (Å²) in [6.07, 6.45) is 0.823. The summed E-state index contributed by atoms with van der Waals surface area (Å²) < 4.78 is 5.57. The Labute approximate surface area is 130 Å². The van der Waals surface area contributed by atoms with Gasteiger partial charge in [0, 0.05) is 5.69 Å². The highest BCUT2D eigenvalue weighted by molar-refractivity contribution is 9.10. The van der Waals surface area contributed by atoms with Crippen LogP contribution in [0.15, 0.2) is 45.5 Å². The van der Waals surface area contributed by atoms with Gasteiger partial charge in [0.2, 0.25) is 5.91 Å². The smallest absolute Gasteiger partial charge is 0.287 e. The Morgan fingerprint density at radius 3 is 2.62 bits per heavy atom. The minimum atomic E-state index is -0.431. The van der Waals surface area contributed by atoms with Crippen LogP contribution < -0.4 is 10.6 Å². The predicted molar refractivity (Wildman–Crippen MR) is 83.2 cm³/mol. The van der Waals surface area contributed by atoms with Crippen LogP contribution in [0.2, 0.25) is 0 Å². The fraction of sp³-hybridized carbons (Fsp3) is 0.200. The first-order chi connectivity index (χ1) is 10.1. The van der Waals surface area contributed by atoms with Crippen molar-refractivity contribution in [3.8, 4) is 0 Å². The van der Waals surface area contributed by atoms with E-state index in [2.05, 4.69) is 26.6 Å². The maximum absolute atomic E-state index is 11.9. The first-order valence-electron chi connectivity index (χ1n) is 6.51. The third-order valence-electron chi connectivity index (χ3n) is 2.88. The van der Waals surface area contributed by atoms with Crippen molar-refractivity contribution in [2.24, 2.45) is 0 Å². The van der Waals surface area contributed by atoms with Gasteiger partial charge in [0.05, 0.1) is 6.54 Å². The number of carbonyl (C=O) groups excluding carboxylic acids is 2. The highest BCUT2D eigenvalue weighted by atomic mass is 79.9. The van der Waals surface area contributed by atoms with Crippen molar-refractivity contribution < 1.29 is 14.0 Å². The minimum absolute atomic E-state index is 0.116. The number of hydrogen-bond donors (Lipinski definition) is 2. The zero-order chi connectivity index (χ0) is 15.2. The molecule has 0 fully saturated rings. The molecule has 0 bridgehead atoms. The monoisotopic (exact) mass is 350 g/mol. The summed E-state index contributed by atoms with van der Waals surface area (Å²) in [6.45, 7) is 1.90. The Balaban J connectivity index is 1.89. The topological polar surface area (TPSA) is 71.3 Å². The zero-order valence-electron chi connectivity index (χ0n) is 11.5. The van der Waals surface area contributed by atoms with Crippen molar-refractivity contribution in [3.05, 3.63) is 52.4 Å². The number of hydrogen-bond acceptors (Lipinski definition) is 3. The number of aryl methyl sites for hydroxylation is 1. The van der Waals surface area contributed by atoms with E-state index in [1.54, 1.807) is 6.07 Å². The molecule has 0 atom stereocenters. The van der Waals surface area contributed by atoms with Crippen LogP contribution in [0.4, 0.5) is 5.69 Å². The Morgan fingerprint density at radius 1 is 1.19 bits per heavy atom. The molecule has 1 aromatic carbocycles. The lowest BCUT2D eigenvalue weighted by Gasteiger charge is -2.09. The van der Waals surface area contributed by atoms with Crippen molar-refractivity contribution in [1.29, 1.82) is 0 Å². The van der Waals surface area contributed by atoms with E-state index in [0.29, 0.717) is 4.67 Å². The molecule has 2 amide bonds. The van der Waals surface area contributed by atoms with E-state index >= 15 is 0 Å². The van der Waals surface area contributed by atoms with Gasteiger partial charge in [-0.15, -0.1) is 0 Å². The second kappa shape index (κ2) is 7.08. The van der Waals surface area contributed by atoms with Crippen molar-refractivity contribution in [3.63, 3.8) is 0 Å². The Morgan fingerprint density at radius 2 is 1.95 bits per heavy atom. The van der Waals surface area contributed by atoms with Gasteiger partial charge in [0.25, 0.3) is 5.91 Å². The van der Waals surface area contributed by atoms with Crippen LogP contribution in [0.3, 0.4) is 0 Å². The second-order valence-corrected chi connectivity index (χ2v) is 5.13. The SMILES string of the molecule is CCc1ccccc1NC(=O)CNC(=O)c1ccc(Br)o1. The number of para-hydroxylation sites is 1. The molecule has 0 saturated heterocycles. The number of halogens is 1. The molecule has 2 rings (SSSR count). The fourth-order valence-electron chi connectivity index (χ4n) is 1.83. The average molecular weight is 351 g/mol. The van der Waals surface area contributed by atoms with Crippen molar-refractivity contribution in [1.82, 2.24) is 5.32 Å².